The Hall–Kier alpha value is -1.90. The summed E-state index contributed by atoms with van der Waals surface area (Å²) in [5.41, 5.74) is 1.32. The minimum absolute atomic E-state index is 0.0742. The van der Waals surface area contributed by atoms with Gasteiger partial charge < -0.3 is 5.11 Å². The second-order valence-corrected chi connectivity index (χ2v) is 4.72. The lowest BCUT2D eigenvalue weighted by molar-refractivity contribution is 0.0702. The number of nitriles is 1. The fraction of sp³-hybridized carbons (Fsp3) is 0. The maximum absolute atomic E-state index is 11.0. The van der Waals surface area contributed by atoms with Gasteiger partial charge in [0.05, 0.1) is 17.3 Å². The highest BCUT2D eigenvalue weighted by molar-refractivity contribution is 7.17. The van der Waals surface area contributed by atoms with Crippen LogP contribution in [-0.2, 0) is 0 Å². The van der Waals surface area contributed by atoms with Crippen molar-refractivity contribution in [2.45, 2.75) is 0 Å². The van der Waals surface area contributed by atoms with Crippen LogP contribution in [0, 0.1) is 11.3 Å². The van der Waals surface area contributed by atoms with E-state index in [1.54, 1.807) is 24.3 Å². The van der Waals surface area contributed by atoms with Crippen LogP contribution in [-0.4, -0.2) is 16.1 Å². The Morgan fingerprint density at radius 3 is 2.94 bits per heavy atom. The number of thiazole rings is 1. The molecule has 0 unspecified atom stereocenters. The Bertz CT molecular complexity index is 631. The Balaban J connectivity index is 2.60. The van der Waals surface area contributed by atoms with Crippen LogP contribution >= 0.6 is 22.9 Å². The first-order valence-corrected chi connectivity index (χ1v) is 5.71. The Kier molecular flexibility index (Phi) is 3.09. The molecule has 0 amide bonds. The fourth-order valence-corrected chi connectivity index (χ4v) is 2.34. The average Bonchev–Trinajstić information content (AvgIpc) is 2.72. The molecule has 2 rings (SSSR count). The van der Waals surface area contributed by atoms with E-state index in [1.165, 1.54) is 0 Å². The zero-order valence-corrected chi connectivity index (χ0v) is 9.92. The van der Waals surface area contributed by atoms with Crippen LogP contribution < -0.4 is 0 Å². The predicted octanol–water partition coefficient (Wildman–Crippen LogP) is 3.03. The van der Waals surface area contributed by atoms with Crippen molar-refractivity contribution in [3.05, 3.63) is 39.2 Å². The van der Waals surface area contributed by atoms with Crippen LogP contribution in [0.15, 0.2) is 24.3 Å². The van der Waals surface area contributed by atoms with Gasteiger partial charge in [-0.25, -0.2) is 9.78 Å². The largest absolute Gasteiger partial charge is 0.477 e. The van der Waals surface area contributed by atoms with Gasteiger partial charge >= 0.3 is 5.97 Å². The van der Waals surface area contributed by atoms with Gasteiger partial charge in [-0.3, -0.25) is 0 Å². The Labute approximate surface area is 106 Å². The lowest BCUT2D eigenvalue weighted by Gasteiger charge is -1.98. The van der Waals surface area contributed by atoms with Gasteiger partial charge in [0, 0.05) is 5.56 Å². The summed E-state index contributed by atoms with van der Waals surface area (Å²) in [4.78, 5) is 15.1. The number of carboxylic acids is 1. The van der Waals surface area contributed by atoms with E-state index in [0.717, 1.165) is 11.3 Å². The minimum atomic E-state index is -1.08. The van der Waals surface area contributed by atoms with Gasteiger partial charge in [-0.15, -0.1) is 0 Å². The molecule has 6 heteroatoms. The number of aromatic carboxylic acids is 1. The third kappa shape index (κ3) is 2.28. The molecular weight excluding hydrogens is 260 g/mol. The highest BCUT2D eigenvalue weighted by Crippen LogP contribution is 2.31. The molecule has 1 aromatic heterocycles. The Morgan fingerprint density at radius 2 is 2.29 bits per heavy atom. The maximum Gasteiger partial charge on any atom is 0.348 e. The monoisotopic (exact) mass is 264 g/mol. The summed E-state index contributed by atoms with van der Waals surface area (Å²) in [7, 11) is 0. The zero-order chi connectivity index (χ0) is 12.4. The van der Waals surface area contributed by atoms with E-state index < -0.39 is 5.97 Å². The lowest BCUT2D eigenvalue weighted by Crippen LogP contribution is -1.95. The van der Waals surface area contributed by atoms with E-state index in [-0.39, 0.29) is 9.34 Å². The van der Waals surface area contributed by atoms with Crippen molar-refractivity contribution < 1.29 is 9.90 Å². The summed E-state index contributed by atoms with van der Waals surface area (Å²) in [6, 6.07) is 8.57. The van der Waals surface area contributed by atoms with Gasteiger partial charge in [-0.05, 0) is 12.1 Å². The number of nitrogens with zero attached hydrogens (tertiary/aromatic N) is 2. The molecule has 0 aliphatic rings. The van der Waals surface area contributed by atoms with Crippen molar-refractivity contribution in [2.75, 3.05) is 0 Å². The number of carbonyl (C=O) groups is 1. The van der Waals surface area contributed by atoms with E-state index in [9.17, 15) is 4.79 Å². The lowest BCUT2D eigenvalue weighted by atomic mass is 10.1. The average molecular weight is 265 g/mol. The molecule has 0 aliphatic carbocycles. The summed E-state index contributed by atoms with van der Waals surface area (Å²) in [6.45, 7) is 0. The number of halogens is 1. The number of hydrogen-bond donors (Lipinski definition) is 1. The molecule has 17 heavy (non-hydrogen) atoms. The maximum atomic E-state index is 11.0. The minimum Gasteiger partial charge on any atom is -0.477 e. The van der Waals surface area contributed by atoms with Crippen molar-refractivity contribution in [3.63, 3.8) is 0 Å². The fourth-order valence-electron chi connectivity index (χ4n) is 1.37. The van der Waals surface area contributed by atoms with Crippen LogP contribution in [0.5, 0.6) is 0 Å². The smallest absolute Gasteiger partial charge is 0.348 e. The SMILES string of the molecule is N#Cc1cccc(-c2nc(Cl)sc2C(=O)O)c1. The van der Waals surface area contributed by atoms with Crippen molar-refractivity contribution in [2.24, 2.45) is 0 Å². The first-order chi connectivity index (χ1) is 8.11. The number of carboxylic acid groups (broad SMARTS) is 1. The predicted molar refractivity (Wildman–Crippen MR) is 64.2 cm³/mol. The van der Waals surface area contributed by atoms with Crippen molar-refractivity contribution in [3.8, 4) is 17.3 Å². The standard InChI is InChI=1S/C11H5ClN2O2S/c12-11-14-8(9(17-11)10(15)16)7-3-1-2-6(4-7)5-13/h1-4H,(H,15,16). The molecule has 0 spiro atoms. The van der Waals surface area contributed by atoms with Crippen LogP contribution in [0.3, 0.4) is 0 Å². The molecule has 4 nitrogen and oxygen atoms in total. The molecular formula is C11H5ClN2O2S. The summed E-state index contributed by atoms with van der Waals surface area (Å²) < 4.78 is 0.166. The van der Waals surface area contributed by atoms with E-state index in [1.807, 2.05) is 6.07 Å². The Morgan fingerprint density at radius 1 is 1.53 bits per heavy atom. The molecule has 1 heterocycles. The summed E-state index contributed by atoms with van der Waals surface area (Å²) >= 11 is 6.61. The van der Waals surface area contributed by atoms with Gasteiger partial charge in [-0.1, -0.05) is 35.1 Å². The molecule has 0 saturated heterocycles. The normalized spacial score (nSPS) is 9.88. The first-order valence-electron chi connectivity index (χ1n) is 4.52. The van der Waals surface area contributed by atoms with Gasteiger partial charge in [0.1, 0.15) is 4.88 Å². The second kappa shape index (κ2) is 4.53. The van der Waals surface area contributed by atoms with E-state index in [0.29, 0.717) is 16.8 Å². The molecule has 84 valence electrons. The van der Waals surface area contributed by atoms with E-state index in [4.69, 9.17) is 22.0 Å². The highest BCUT2D eigenvalue weighted by Gasteiger charge is 2.18. The molecule has 0 saturated carbocycles. The van der Waals surface area contributed by atoms with E-state index >= 15 is 0 Å². The molecule has 0 bridgehead atoms. The number of aromatic nitrogens is 1. The first kappa shape index (κ1) is 11.6. The van der Waals surface area contributed by atoms with E-state index in [2.05, 4.69) is 4.98 Å². The van der Waals surface area contributed by atoms with Gasteiger partial charge in [0.2, 0.25) is 0 Å². The molecule has 2 aromatic rings. The van der Waals surface area contributed by atoms with Crippen LogP contribution in [0.2, 0.25) is 4.47 Å². The number of rotatable bonds is 2. The van der Waals surface area contributed by atoms with Gasteiger partial charge in [-0.2, -0.15) is 5.26 Å². The molecule has 0 radical (unpaired) electrons. The van der Waals surface area contributed by atoms with Crippen LogP contribution in [0.1, 0.15) is 15.2 Å². The van der Waals surface area contributed by atoms with Gasteiger partial charge in [0.25, 0.3) is 0 Å². The van der Waals surface area contributed by atoms with Crippen LogP contribution in [0.4, 0.5) is 0 Å². The van der Waals surface area contributed by atoms with Crippen molar-refractivity contribution in [1.82, 2.24) is 4.98 Å². The van der Waals surface area contributed by atoms with Gasteiger partial charge in [0.15, 0.2) is 4.47 Å². The zero-order valence-electron chi connectivity index (χ0n) is 8.35. The number of benzene rings is 1. The molecule has 0 aliphatic heterocycles. The van der Waals surface area contributed by atoms with Crippen LogP contribution in [0.25, 0.3) is 11.3 Å². The molecule has 0 fully saturated rings. The third-order valence-corrected chi connectivity index (χ3v) is 3.21. The van der Waals surface area contributed by atoms with Crippen molar-refractivity contribution in [1.29, 1.82) is 5.26 Å². The molecule has 1 aromatic carbocycles. The summed E-state index contributed by atoms with van der Waals surface area (Å²) in [5, 5.41) is 17.8. The molecule has 1 N–H and O–H groups in total. The third-order valence-electron chi connectivity index (χ3n) is 2.06. The van der Waals surface area contributed by atoms with Crippen molar-refractivity contribution >= 4 is 28.9 Å². The topological polar surface area (TPSA) is 74.0 Å². The molecule has 0 atom stereocenters. The number of hydrogen-bond acceptors (Lipinski definition) is 4. The highest BCUT2D eigenvalue weighted by atomic mass is 35.5. The quantitative estimate of drug-likeness (QED) is 0.905. The second-order valence-electron chi connectivity index (χ2n) is 3.14. The summed E-state index contributed by atoms with van der Waals surface area (Å²) in [6.07, 6.45) is 0. The summed E-state index contributed by atoms with van der Waals surface area (Å²) in [5.74, 6) is -1.08.